The number of carbonyl (C=O) groups excluding carboxylic acids is 2. The molecular weight excluding hydrogens is 404 g/mol. The van der Waals surface area contributed by atoms with Crippen molar-refractivity contribution in [3.63, 3.8) is 0 Å². The molecule has 11 nitrogen and oxygen atoms in total. The summed E-state index contributed by atoms with van der Waals surface area (Å²) >= 11 is 0. The van der Waals surface area contributed by atoms with Crippen LogP contribution in [0.2, 0.25) is 0 Å². The minimum absolute atomic E-state index is 0.120. The predicted molar refractivity (Wildman–Crippen MR) is 108 cm³/mol. The van der Waals surface area contributed by atoms with Gasteiger partial charge in [0.05, 0.1) is 25.0 Å². The van der Waals surface area contributed by atoms with E-state index in [4.69, 9.17) is 14.2 Å². The van der Waals surface area contributed by atoms with E-state index >= 15 is 0 Å². The fraction of sp³-hybridized carbons (Fsp3) is 0.550. The van der Waals surface area contributed by atoms with E-state index in [2.05, 4.69) is 25.7 Å². The minimum atomic E-state index is -0.410. The molecule has 2 amide bonds. The molecule has 2 aliphatic rings. The maximum absolute atomic E-state index is 12.5. The Morgan fingerprint density at radius 1 is 1.32 bits per heavy atom. The van der Waals surface area contributed by atoms with Gasteiger partial charge in [0.15, 0.2) is 0 Å². The Morgan fingerprint density at radius 3 is 2.74 bits per heavy atom. The second-order valence-electron chi connectivity index (χ2n) is 8.14. The van der Waals surface area contributed by atoms with Gasteiger partial charge in [0.1, 0.15) is 11.8 Å². The van der Waals surface area contributed by atoms with Gasteiger partial charge in [-0.15, -0.1) is 0 Å². The zero-order valence-electron chi connectivity index (χ0n) is 17.8. The summed E-state index contributed by atoms with van der Waals surface area (Å²) < 4.78 is 17.7. The molecule has 0 bridgehead atoms. The first-order valence-electron chi connectivity index (χ1n) is 10.1. The Kier molecular flexibility index (Phi) is 5.88. The maximum atomic E-state index is 12.5. The average molecular weight is 430 g/mol. The molecule has 2 atom stereocenters. The summed E-state index contributed by atoms with van der Waals surface area (Å²) in [4.78, 5) is 32.8. The molecule has 166 valence electrons. The van der Waals surface area contributed by atoms with E-state index in [0.29, 0.717) is 31.0 Å². The van der Waals surface area contributed by atoms with Gasteiger partial charge in [-0.25, -0.2) is 14.8 Å². The van der Waals surface area contributed by atoms with Crippen LogP contribution in [-0.2, 0) is 27.9 Å². The van der Waals surface area contributed by atoms with Crippen LogP contribution in [0.1, 0.15) is 54.0 Å². The normalized spacial score (nSPS) is 21.5. The fourth-order valence-corrected chi connectivity index (χ4v) is 3.34. The third kappa shape index (κ3) is 5.17. The molecule has 1 aliphatic heterocycles. The highest BCUT2D eigenvalue weighted by atomic mass is 16.6. The van der Waals surface area contributed by atoms with Crippen LogP contribution in [0.3, 0.4) is 0 Å². The van der Waals surface area contributed by atoms with Crippen molar-refractivity contribution in [2.75, 3.05) is 19.0 Å². The summed E-state index contributed by atoms with van der Waals surface area (Å²) in [6.07, 6.45) is 4.66. The first kappa shape index (κ1) is 21.2. The molecule has 1 aliphatic carbocycles. The summed E-state index contributed by atoms with van der Waals surface area (Å²) in [5, 5.41) is 9.74. The average Bonchev–Trinajstić information content (AvgIpc) is 3.11. The molecule has 2 fully saturated rings. The topological polar surface area (TPSA) is 129 Å². The van der Waals surface area contributed by atoms with Crippen molar-refractivity contribution in [1.29, 1.82) is 0 Å². The first-order chi connectivity index (χ1) is 14.8. The van der Waals surface area contributed by atoms with Crippen LogP contribution < -0.4 is 10.6 Å². The van der Waals surface area contributed by atoms with Gasteiger partial charge in [-0.05, 0) is 25.8 Å². The van der Waals surface area contributed by atoms with Crippen molar-refractivity contribution in [1.82, 2.24) is 25.1 Å². The Hall–Kier alpha value is -3.05. The molecular formula is C20H26N6O5. The Balaban J connectivity index is 1.30. The molecule has 3 heterocycles. The molecule has 2 aromatic heterocycles. The fourth-order valence-electron chi connectivity index (χ4n) is 3.34. The van der Waals surface area contributed by atoms with E-state index in [1.807, 2.05) is 6.92 Å². The van der Waals surface area contributed by atoms with Crippen molar-refractivity contribution in [2.45, 2.75) is 50.5 Å². The molecule has 0 radical (unpaired) electrons. The van der Waals surface area contributed by atoms with Gasteiger partial charge < -0.3 is 19.5 Å². The van der Waals surface area contributed by atoms with Gasteiger partial charge in [0.2, 0.25) is 5.95 Å². The summed E-state index contributed by atoms with van der Waals surface area (Å²) in [5.41, 5.74) is 1.66. The number of ether oxygens (including phenoxy) is 3. The molecule has 1 saturated carbocycles. The van der Waals surface area contributed by atoms with E-state index in [1.165, 1.54) is 4.68 Å². The summed E-state index contributed by atoms with van der Waals surface area (Å²) in [6.45, 7) is 2.63. The third-order valence-corrected chi connectivity index (χ3v) is 5.36. The Morgan fingerprint density at radius 2 is 2.06 bits per heavy atom. The van der Waals surface area contributed by atoms with Crippen LogP contribution in [0.4, 0.5) is 10.7 Å². The molecule has 2 N–H and O–H groups in total. The number of hydrogen-bond donors (Lipinski definition) is 2. The smallest absolute Gasteiger partial charge is 0.407 e. The van der Waals surface area contributed by atoms with Crippen LogP contribution >= 0.6 is 0 Å². The van der Waals surface area contributed by atoms with E-state index in [0.717, 1.165) is 18.4 Å². The predicted octanol–water partition coefficient (Wildman–Crippen LogP) is 1.72. The second kappa shape index (κ2) is 8.60. The van der Waals surface area contributed by atoms with Crippen LogP contribution in [0.5, 0.6) is 0 Å². The Labute approximate surface area is 179 Å². The van der Waals surface area contributed by atoms with Crippen molar-refractivity contribution < 1.29 is 23.8 Å². The number of aromatic nitrogens is 4. The molecule has 4 rings (SSSR count). The number of anilines is 1. The molecule has 1 saturated heterocycles. The van der Waals surface area contributed by atoms with Gasteiger partial charge in [0.25, 0.3) is 5.91 Å². The maximum Gasteiger partial charge on any atom is 0.407 e. The molecule has 31 heavy (non-hydrogen) atoms. The Bertz CT molecular complexity index is 955. The minimum Gasteiger partial charge on any atom is -0.444 e. The highest BCUT2D eigenvalue weighted by Crippen LogP contribution is 2.35. The largest absolute Gasteiger partial charge is 0.444 e. The summed E-state index contributed by atoms with van der Waals surface area (Å²) in [6, 6.07) is 1.65. The lowest BCUT2D eigenvalue weighted by atomic mass is 10.1. The number of nitrogens with zero attached hydrogens (tertiary/aromatic N) is 4. The lowest BCUT2D eigenvalue weighted by molar-refractivity contribution is 0.0683. The number of aryl methyl sites for hydroxylation is 1. The third-order valence-electron chi connectivity index (χ3n) is 5.36. The summed E-state index contributed by atoms with van der Waals surface area (Å²) in [5.74, 6) is -0.197. The van der Waals surface area contributed by atoms with Crippen molar-refractivity contribution in [3.05, 3.63) is 35.4 Å². The van der Waals surface area contributed by atoms with Crippen molar-refractivity contribution in [3.8, 4) is 0 Å². The monoisotopic (exact) mass is 430 g/mol. The second-order valence-corrected chi connectivity index (χ2v) is 8.14. The van der Waals surface area contributed by atoms with E-state index in [1.54, 1.807) is 32.6 Å². The quantitative estimate of drug-likeness (QED) is 0.679. The lowest BCUT2D eigenvalue weighted by Crippen LogP contribution is -2.37. The van der Waals surface area contributed by atoms with Crippen LogP contribution in [0.15, 0.2) is 18.5 Å². The van der Waals surface area contributed by atoms with E-state index < -0.39 is 6.09 Å². The zero-order chi connectivity index (χ0) is 22.0. The lowest BCUT2D eigenvalue weighted by Gasteiger charge is -2.15. The molecule has 2 unspecified atom stereocenters. The van der Waals surface area contributed by atoms with Gasteiger partial charge >= 0.3 is 6.09 Å². The van der Waals surface area contributed by atoms with Crippen LogP contribution in [-0.4, -0.2) is 57.1 Å². The summed E-state index contributed by atoms with van der Waals surface area (Å²) in [7, 11) is 3.24. The SMILES string of the molecule is COCc1cc(C(=O)Nc2ncc(C3CC(OC(=O)NC4(C)CC4)CO3)cn2)n(C)n1. The van der Waals surface area contributed by atoms with E-state index in [-0.39, 0.29) is 29.6 Å². The number of alkyl carbamates (subject to hydrolysis) is 1. The molecule has 0 spiro atoms. The molecule has 11 heteroatoms. The molecule has 0 aromatic carbocycles. The van der Waals surface area contributed by atoms with Gasteiger partial charge in [-0.2, -0.15) is 5.10 Å². The van der Waals surface area contributed by atoms with Gasteiger partial charge in [-0.1, -0.05) is 0 Å². The van der Waals surface area contributed by atoms with Gasteiger partial charge in [0, 0.05) is 44.1 Å². The number of rotatable bonds is 7. The van der Waals surface area contributed by atoms with E-state index in [9.17, 15) is 9.59 Å². The number of nitrogens with one attached hydrogen (secondary N) is 2. The number of methoxy groups -OCH3 is 1. The van der Waals surface area contributed by atoms with Crippen molar-refractivity contribution >= 4 is 17.9 Å². The molecule has 2 aromatic rings. The van der Waals surface area contributed by atoms with Crippen LogP contribution in [0, 0.1) is 0 Å². The van der Waals surface area contributed by atoms with Crippen molar-refractivity contribution in [2.24, 2.45) is 7.05 Å². The highest BCUT2D eigenvalue weighted by Gasteiger charge is 2.40. The highest BCUT2D eigenvalue weighted by molar-refractivity contribution is 6.02. The standard InChI is InChI=1S/C20H26N6O5/c1-20(4-5-20)24-19(28)31-14-7-16(30-11-14)12-8-21-18(22-9-12)23-17(27)15-6-13(10-29-3)25-26(15)2/h6,8-9,14,16H,4-5,7,10-11H2,1-3H3,(H,24,28)(H,21,22,23,27). The number of hydrogen-bond acceptors (Lipinski definition) is 8. The first-order valence-corrected chi connectivity index (χ1v) is 10.1. The number of amides is 2. The van der Waals surface area contributed by atoms with Gasteiger partial charge in [-0.3, -0.25) is 14.8 Å². The van der Waals surface area contributed by atoms with Crippen LogP contribution in [0.25, 0.3) is 0 Å². The zero-order valence-corrected chi connectivity index (χ0v) is 17.8. The number of carbonyl (C=O) groups is 2.